The number of nitrogens with one attached hydrogen (secondary N) is 1. The minimum Gasteiger partial charge on any atom is -0.471 e. The maximum Gasteiger partial charge on any atom is 0.216 e. The summed E-state index contributed by atoms with van der Waals surface area (Å²) in [6, 6.07) is 5.43. The number of amides is 1. The van der Waals surface area contributed by atoms with Crippen LogP contribution in [-0.4, -0.2) is 32.0 Å². The molecule has 5 nitrogen and oxygen atoms in total. The van der Waals surface area contributed by atoms with Crippen molar-refractivity contribution in [2.45, 2.75) is 13.3 Å². The summed E-state index contributed by atoms with van der Waals surface area (Å²) >= 11 is 0. The van der Waals surface area contributed by atoms with Gasteiger partial charge in [0, 0.05) is 32.5 Å². The Kier molecular flexibility index (Phi) is 3.50. The van der Waals surface area contributed by atoms with Gasteiger partial charge in [0.25, 0.3) is 0 Å². The predicted octanol–water partition coefficient (Wildman–Crippen LogP) is 1.18. The van der Waals surface area contributed by atoms with Crippen LogP contribution < -0.4 is 15.0 Å². The van der Waals surface area contributed by atoms with Crippen molar-refractivity contribution < 1.29 is 14.3 Å². The number of hydrogen-bond acceptors (Lipinski definition) is 4. The molecule has 1 aromatic rings. The second-order valence-electron chi connectivity index (χ2n) is 4.31. The van der Waals surface area contributed by atoms with Gasteiger partial charge in [-0.15, -0.1) is 0 Å². The highest BCUT2D eigenvalue weighted by Crippen LogP contribution is 2.33. The Morgan fingerprint density at radius 3 is 2.94 bits per heavy atom. The summed E-state index contributed by atoms with van der Waals surface area (Å²) < 4.78 is 5.45. The maximum atomic E-state index is 11.9. The fraction of sp³-hybridized carbons (Fsp3) is 0.385. The Balaban J connectivity index is 2.01. The molecule has 5 heteroatoms. The molecule has 0 atom stereocenters. The number of Topliss-reactive ketones (excluding diaryl/α,β-unsaturated/α-hetero) is 1. The first-order valence-electron chi connectivity index (χ1n) is 5.83. The van der Waals surface area contributed by atoms with E-state index >= 15 is 0 Å². The monoisotopic (exact) mass is 248 g/mol. The van der Waals surface area contributed by atoms with Crippen LogP contribution in [0.1, 0.15) is 23.7 Å². The lowest BCUT2D eigenvalue weighted by Gasteiger charge is -2.08. The van der Waals surface area contributed by atoms with Gasteiger partial charge in [-0.3, -0.25) is 9.59 Å². The van der Waals surface area contributed by atoms with E-state index in [0.717, 1.165) is 11.4 Å². The zero-order valence-electron chi connectivity index (χ0n) is 10.5. The fourth-order valence-electron chi connectivity index (χ4n) is 1.85. The molecule has 0 saturated heterocycles. The number of anilines is 1. The molecule has 0 saturated carbocycles. The third kappa shape index (κ3) is 2.61. The molecule has 1 N–H and O–H groups in total. The van der Waals surface area contributed by atoms with Gasteiger partial charge < -0.3 is 15.0 Å². The number of hydrogen-bond donors (Lipinski definition) is 1. The van der Waals surface area contributed by atoms with Crippen molar-refractivity contribution in [3.05, 3.63) is 23.8 Å². The van der Waals surface area contributed by atoms with Crippen molar-refractivity contribution in [2.75, 3.05) is 25.2 Å². The maximum absolute atomic E-state index is 11.9. The van der Waals surface area contributed by atoms with Gasteiger partial charge in [-0.1, -0.05) is 0 Å². The van der Waals surface area contributed by atoms with E-state index in [0.29, 0.717) is 25.3 Å². The number of rotatable bonds is 4. The molecule has 0 unspecified atom stereocenters. The normalized spacial score (nSPS) is 12.9. The number of benzene rings is 1. The summed E-state index contributed by atoms with van der Waals surface area (Å²) in [5, 5.41) is 2.61. The summed E-state index contributed by atoms with van der Waals surface area (Å²) in [5.74, 6) is 0.620. The van der Waals surface area contributed by atoms with E-state index in [1.54, 1.807) is 12.1 Å². The fourth-order valence-corrected chi connectivity index (χ4v) is 1.85. The Morgan fingerprint density at radius 1 is 1.44 bits per heavy atom. The van der Waals surface area contributed by atoms with E-state index in [9.17, 15) is 9.59 Å². The smallest absolute Gasteiger partial charge is 0.216 e. The Morgan fingerprint density at radius 2 is 2.22 bits per heavy atom. The Hall–Kier alpha value is -2.04. The molecule has 1 aliphatic heterocycles. The molecule has 0 aromatic heterocycles. The third-order valence-electron chi connectivity index (χ3n) is 2.83. The molecule has 0 bridgehead atoms. The summed E-state index contributed by atoms with van der Waals surface area (Å²) in [5.41, 5.74) is 1.61. The van der Waals surface area contributed by atoms with E-state index in [1.165, 1.54) is 6.92 Å². The molecule has 1 heterocycles. The number of ketones is 1. The topological polar surface area (TPSA) is 58.6 Å². The lowest BCUT2D eigenvalue weighted by Crippen LogP contribution is -2.23. The number of carbonyl (C=O) groups is 2. The van der Waals surface area contributed by atoms with Crippen molar-refractivity contribution in [3.8, 4) is 5.75 Å². The molecule has 0 radical (unpaired) electrons. The van der Waals surface area contributed by atoms with Crippen molar-refractivity contribution in [2.24, 2.45) is 0 Å². The minimum atomic E-state index is -0.123. The summed E-state index contributed by atoms with van der Waals surface area (Å²) in [7, 11) is 1.93. The van der Waals surface area contributed by atoms with Crippen LogP contribution >= 0.6 is 0 Å². The van der Waals surface area contributed by atoms with Gasteiger partial charge in [0.05, 0.1) is 5.69 Å². The number of nitrogens with zero attached hydrogens (tertiary/aromatic N) is 1. The largest absolute Gasteiger partial charge is 0.471 e. The molecule has 0 aliphatic carbocycles. The molecule has 96 valence electrons. The van der Waals surface area contributed by atoms with Crippen LogP contribution in [0.5, 0.6) is 5.75 Å². The zero-order chi connectivity index (χ0) is 13.1. The van der Waals surface area contributed by atoms with Gasteiger partial charge in [0.2, 0.25) is 5.91 Å². The SMILES string of the molecule is CC(=O)NCCC(=O)c1ccc2c(c1)OCN2C. The molecule has 0 fully saturated rings. The van der Waals surface area contributed by atoms with Crippen LogP contribution in [0.25, 0.3) is 0 Å². The van der Waals surface area contributed by atoms with Crippen molar-refractivity contribution in [3.63, 3.8) is 0 Å². The second kappa shape index (κ2) is 5.08. The van der Waals surface area contributed by atoms with Gasteiger partial charge >= 0.3 is 0 Å². The van der Waals surface area contributed by atoms with Gasteiger partial charge in [0.15, 0.2) is 12.5 Å². The van der Waals surface area contributed by atoms with Crippen LogP contribution in [0.4, 0.5) is 5.69 Å². The molecule has 1 aromatic carbocycles. The van der Waals surface area contributed by atoms with Crippen molar-refractivity contribution in [1.29, 1.82) is 0 Å². The second-order valence-corrected chi connectivity index (χ2v) is 4.31. The van der Waals surface area contributed by atoms with Crippen LogP contribution in [0.3, 0.4) is 0 Å². The average molecular weight is 248 g/mol. The summed E-state index contributed by atoms with van der Waals surface area (Å²) in [6.45, 7) is 2.31. The predicted molar refractivity (Wildman–Crippen MR) is 68.0 cm³/mol. The number of ether oxygens (including phenoxy) is 1. The van der Waals surface area contributed by atoms with Crippen molar-refractivity contribution >= 4 is 17.4 Å². The van der Waals surface area contributed by atoms with E-state index in [2.05, 4.69) is 5.32 Å². The first kappa shape index (κ1) is 12.4. The minimum absolute atomic E-state index is 0.00435. The molecule has 2 rings (SSSR count). The zero-order valence-corrected chi connectivity index (χ0v) is 10.5. The standard InChI is InChI=1S/C13H16N2O3/c1-9(16)14-6-5-12(17)10-3-4-11-13(7-10)18-8-15(11)2/h3-4,7H,5-6,8H2,1-2H3,(H,14,16). The first-order chi connectivity index (χ1) is 8.58. The number of fused-ring (bicyclic) bond motifs is 1. The van der Waals surface area contributed by atoms with Gasteiger partial charge in [0.1, 0.15) is 5.75 Å². The molecule has 0 spiro atoms. The molecule has 18 heavy (non-hydrogen) atoms. The van der Waals surface area contributed by atoms with Crippen LogP contribution in [-0.2, 0) is 4.79 Å². The Labute approximate surface area is 106 Å². The summed E-state index contributed by atoms with van der Waals surface area (Å²) in [4.78, 5) is 24.6. The van der Waals surface area contributed by atoms with E-state index < -0.39 is 0 Å². The van der Waals surface area contributed by atoms with Gasteiger partial charge in [-0.25, -0.2) is 0 Å². The summed E-state index contributed by atoms with van der Waals surface area (Å²) in [6.07, 6.45) is 0.300. The molecular formula is C13H16N2O3. The first-order valence-corrected chi connectivity index (χ1v) is 5.83. The quantitative estimate of drug-likeness (QED) is 0.813. The lowest BCUT2D eigenvalue weighted by molar-refractivity contribution is -0.118. The van der Waals surface area contributed by atoms with Gasteiger partial charge in [-0.2, -0.15) is 0 Å². The highest BCUT2D eigenvalue weighted by molar-refractivity contribution is 5.97. The molecule has 1 aliphatic rings. The van der Waals surface area contributed by atoms with E-state index in [1.807, 2.05) is 18.0 Å². The van der Waals surface area contributed by atoms with Gasteiger partial charge in [-0.05, 0) is 18.2 Å². The Bertz CT molecular complexity index is 485. The van der Waals surface area contributed by atoms with Crippen LogP contribution in [0.15, 0.2) is 18.2 Å². The van der Waals surface area contributed by atoms with Crippen LogP contribution in [0.2, 0.25) is 0 Å². The van der Waals surface area contributed by atoms with E-state index in [-0.39, 0.29) is 11.7 Å². The number of carbonyl (C=O) groups excluding carboxylic acids is 2. The van der Waals surface area contributed by atoms with Crippen LogP contribution in [0, 0.1) is 0 Å². The molecular weight excluding hydrogens is 232 g/mol. The average Bonchev–Trinajstić information content (AvgIpc) is 2.70. The lowest BCUT2D eigenvalue weighted by atomic mass is 10.1. The van der Waals surface area contributed by atoms with E-state index in [4.69, 9.17) is 4.74 Å². The highest BCUT2D eigenvalue weighted by atomic mass is 16.5. The molecule has 1 amide bonds. The highest BCUT2D eigenvalue weighted by Gasteiger charge is 2.18. The van der Waals surface area contributed by atoms with Crippen molar-refractivity contribution in [1.82, 2.24) is 5.32 Å². The third-order valence-corrected chi connectivity index (χ3v) is 2.83.